The van der Waals surface area contributed by atoms with Crippen LogP contribution in [0.5, 0.6) is 0 Å². The second-order valence-corrected chi connectivity index (χ2v) is 6.59. The Morgan fingerprint density at radius 2 is 1.89 bits per heavy atom. The highest BCUT2D eigenvalue weighted by molar-refractivity contribution is 5.94. The van der Waals surface area contributed by atoms with Crippen molar-refractivity contribution < 1.29 is 14.3 Å². The third-order valence-electron chi connectivity index (χ3n) is 4.66. The molecule has 0 aliphatic carbocycles. The molecular formula is C19H23N5O3. The summed E-state index contributed by atoms with van der Waals surface area (Å²) in [5.74, 6) is 0.590. The summed E-state index contributed by atoms with van der Waals surface area (Å²) in [4.78, 5) is 14.3. The predicted molar refractivity (Wildman–Crippen MR) is 102 cm³/mol. The SMILES string of the molecule is O=C(Nc1ccc(Nc2cc(N3CCOCC3)cnn2)cc1)C1CCCO1. The largest absolute Gasteiger partial charge is 0.378 e. The highest BCUT2D eigenvalue weighted by Gasteiger charge is 2.23. The molecule has 3 heterocycles. The number of hydrogen-bond donors (Lipinski definition) is 2. The lowest BCUT2D eigenvalue weighted by molar-refractivity contribution is -0.124. The van der Waals surface area contributed by atoms with Gasteiger partial charge in [-0.25, -0.2) is 0 Å². The van der Waals surface area contributed by atoms with Crippen LogP contribution < -0.4 is 15.5 Å². The Balaban J connectivity index is 1.37. The average Bonchev–Trinajstić information content (AvgIpc) is 3.25. The number of carbonyl (C=O) groups is 1. The molecule has 2 aliphatic heterocycles. The van der Waals surface area contributed by atoms with Crippen LogP contribution in [0.1, 0.15) is 12.8 Å². The number of rotatable bonds is 5. The van der Waals surface area contributed by atoms with Gasteiger partial charge in [-0.15, -0.1) is 5.10 Å². The summed E-state index contributed by atoms with van der Waals surface area (Å²) in [5.41, 5.74) is 2.64. The van der Waals surface area contributed by atoms with E-state index in [9.17, 15) is 4.79 Å². The lowest BCUT2D eigenvalue weighted by Crippen LogP contribution is -2.36. The maximum atomic E-state index is 12.1. The molecule has 27 heavy (non-hydrogen) atoms. The number of aromatic nitrogens is 2. The highest BCUT2D eigenvalue weighted by atomic mass is 16.5. The third-order valence-corrected chi connectivity index (χ3v) is 4.66. The minimum Gasteiger partial charge on any atom is -0.378 e. The van der Waals surface area contributed by atoms with Crippen molar-refractivity contribution >= 4 is 28.8 Å². The fraction of sp³-hybridized carbons (Fsp3) is 0.421. The standard InChI is InChI=1S/C19H23N5O3/c25-19(17-2-1-9-27-17)22-15-5-3-14(4-6-15)21-18-12-16(13-20-23-18)24-7-10-26-11-8-24/h3-6,12-13,17H,1-2,7-11H2,(H,21,23)(H,22,25). The maximum absolute atomic E-state index is 12.1. The molecule has 0 saturated carbocycles. The molecule has 4 rings (SSSR count). The van der Waals surface area contributed by atoms with Gasteiger partial charge in [0.2, 0.25) is 0 Å². The van der Waals surface area contributed by atoms with Gasteiger partial charge in [-0.3, -0.25) is 4.79 Å². The Labute approximate surface area is 157 Å². The van der Waals surface area contributed by atoms with E-state index in [1.807, 2.05) is 30.3 Å². The van der Waals surface area contributed by atoms with Crippen LogP contribution >= 0.6 is 0 Å². The van der Waals surface area contributed by atoms with E-state index >= 15 is 0 Å². The maximum Gasteiger partial charge on any atom is 0.253 e. The molecular weight excluding hydrogens is 346 g/mol. The number of hydrogen-bond acceptors (Lipinski definition) is 7. The van der Waals surface area contributed by atoms with Crippen molar-refractivity contribution in [3.05, 3.63) is 36.5 Å². The Bertz CT molecular complexity index is 771. The topological polar surface area (TPSA) is 88.6 Å². The van der Waals surface area contributed by atoms with Gasteiger partial charge >= 0.3 is 0 Å². The van der Waals surface area contributed by atoms with Crippen molar-refractivity contribution in [1.29, 1.82) is 0 Å². The molecule has 142 valence electrons. The second kappa shape index (κ2) is 8.32. The summed E-state index contributed by atoms with van der Waals surface area (Å²) in [5, 5.41) is 14.4. The summed E-state index contributed by atoms with van der Waals surface area (Å²) in [6, 6.07) is 9.48. The summed E-state index contributed by atoms with van der Waals surface area (Å²) in [6.07, 6.45) is 3.15. The zero-order valence-electron chi connectivity index (χ0n) is 15.1. The molecule has 2 aromatic rings. The number of benzene rings is 1. The molecule has 8 heteroatoms. The van der Waals surface area contributed by atoms with Gasteiger partial charge in [-0.2, -0.15) is 5.10 Å². The number of amides is 1. The van der Waals surface area contributed by atoms with Crippen LogP contribution in [0.15, 0.2) is 36.5 Å². The summed E-state index contributed by atoms with van der Waals surface area (Å²) >= 11 is 0. The van der Waals surface area contributed by atoms with Crippen molar-refractivity contribution in [1.82, 2.24) is 10.2 Å². The van der Waals surface area contributed by atoms with Crippen molar-refractivity contribution in [3.8, 4) is 0 Å². The van der Waals surface area contributed by atoms with Gasteiger partial charge in [0.15, 0.2) is 5.82 Å². The number of nitrogens with zero attached hydrogens (tertiary/aromatic N) is 3. The van der Waals surface area contributed by atoms with Gasteiger partial charge in [0, 0.05) is 37.1 Å². The van der Waals surface area contributed by atoms with Crippen molar-refractivity contribution in [3.63, 3.8) is 0 Å². The van der Waals surface area contributed by atoms with Crippen LogP contribution in [0.4, 0.5) is 22.9 Å². The molecule has 0 bridgehead atoms. The lowest BCUT2D eigenvalue weighted by atomic mass is 10.2. The molecule has 8 nitrogen and oxygen atoms in total. The Kier molecular flexibility index (Phi) is 5.45. The van der Waals surface area contributed by atoms with Gasteiger partial charge in [-0.05, 0) is 37.1 Å². The van der Waals surface area contributed by atoms with Crippen LogP contribution in [0.25, 0.3) is 0 Å². The molecule has 1 unspecified atom stereocenters. The number of anilines is 4. The minimum atomic E-state index is -0.332. The smallest absolute Gasteiger partial charge is 0.253 e. The van der Waals surface area contributed by atoms with E-state index in [1.165, 1.54) is 0 Å². The molecule has 2 aliphatic rings. The first-order valence-corrected chi connectivity index (χ1v) is 9.23. The number of ether oxygens (including phenoxy) is 2. The number of nitrogens with one attached hydrogen (secondary N) is 2. The predicted octanol–water partition coefficient (Wildman–Crippen LogP) is 2.17. The third kappa shape index (κ3) is 4.53. The molecule has 2 saturated heterocycles. The van der Waals surface area contributed by atoms with Crippen LogP contribution in [0.3, 0.4) is 0 Å². The average molecular weight is 369 g/mol. The lowest BCUT2D eigenvalue weighted by Gasteiger charge is -2.28. The zero-order chi connectivity index (χ0) is 18.5. The molecule has 2 N–H and O–H groups in total. The second-order valence-electron chi connectivity index (χ2n) is 6.59. The van der Waals surface area contributed by atoms with Crippen LogP contribution in [-0.2, 0) is 14.3 Å². The fourth-order valence-corrected chi connectivity index (χ4v) is 3.20. The summed E-state index contributed by atoms with van der Waals surface area (Å²) in [7, 11) is 0. The van der Waals surface area contributed by atoms with E-state index in [1.54, 1.807) is 6.20 Å². The van der Waals surface area contributed by atoms with Gasteiger partial charge in [0.1, 0.15) is 6.10 Å². The van der Waals surface area contributed by atoms with Crippen molar-refractivity contribution in [2.45, 2.75) is 18.9 Å². The summed E-state index contributed by atoms with van der Waals surface area (Å²) in [6.45, 7) is 3.81. The van der Waals surface area contributed by atoms with Gasteiger partial charge in [0.05, 0.1) is 25.1 Å². The van der Waals surface area contributed by atoms with Crippen LogP contribution in [0.2, 0.25) is 0 Å². The zero-order valence-corrected chi connectivity index (χ0v) is 15.1. The Morgan fingerprint density at radius 3 is 2.63 bits per heavy atom. The monoisotopic (exact) mass is 369 g/mol. The van der Waals surface area contributed by atoms with Gasteiger partial charge in [-0.1, -0.05) is 0 Å². The molecule has 2 fully saturated rings. The minimum absolute atomic E-state index is 0.0858. The number of morpholine rings is 1. The molecule has 0 spiro atoms. The first kappa shape index (κ1) is 17.7. The normalized spacial score (nSPS) is 19.7. The quantitative estimate of drug-likeness (QED) is 0.835. The fourth-order valence-electron chi connectivity index (χ4n) is 3.20. The highest BCUT2D eigenvalue weighted by Crippen LogP contribution is 2.22. The van der Waals surface area contributed by atoms with Gasteiger partial charge < -0.3 is 25.0 Å². The molecule has 1 amide bonds. The molecule has 1 aromatic heterocycles. The first-order valence-electron chi connectivity index (χ1n) is 9.23. The molecule has 1 aromatic carbocycles. The van der Waals surface area contributed by atoms with Crippen molar-refractivity contribution in [2.75, 3.05) is 48.4 Å². The number of carbonyl (C=O) groups excluding carboxylic acids is 1. The van der Waals surface area contributed by atoms with Crippen LogP contribution in [0, 0.1) is 0 Å². The van der Waals surface area contributed by atoms with E-state index in [4.69, 9.17) is 9.47 Å². The van der Waals surface area contributed by atoms with Crippen molar-refractivity contribution in [2.24, 2.45) is 0 Å². The van der Waals surface area contributed by atoms with E-state index in [0.717, 1.165) is 56.2 Å². The molecule has 0 radical (unpaired) electrons. The Hall–Kier alpha value is -2.71. The van der Waals surface area contributed by atoms with Gasteiger partial charge in [0.25, 0.3) is 5.91 Å². The summed E-state index contributed by atoms with van der Waals surface area (Å²) < 4.78 is 10.8. The van der Waals surface area contributed by atoms with Crippen LogP contribution in [-0.4, -0.2) is 55.1 Å². The first-order chi connectivity index (χ1) is 13.3. The Morgan fingerprint density at radius 1 is 1.11 bits per heavy atom. The molecule has 1 atom stereocenters. The van der Waals surface area contributed by atoms with E-state index in [2.05, 4.69) is 25.7 Å². The van der Waals surface area contributed by atoms with E-state index in [0.29, 0.717) is 12.4 Å². The van der Waals surface area contributed by atoms with E-state index < -0.39 is 0 Å². The van der Waals surface area contributed by atoms with E-state index in [-0.39, 0.29) is 12.0 Å².